The van der Waals surface area contributed by atoms with Gasteiger partial charge in [0.25, 0.3) is 0 Å². The summed E-state index contributed by atoms with van der Waals surface area (Å²) < 4.78 is 10.0. The SMILES string of the molecule is COCCN(C)CCNC(C)COC. The number of hydrogen-bond donors (Lipinski definition) is 1. The van der Waals surface area contributed by atoms with Crippen molar-refractivity contribution in [1.82, 2.24) is 10.2 Å². The van der Waals surface area contributed by atoms with Gasteiger partial charge in [-0.05, 0) is 14.0 Å². The third-order valence-electron chi connectivity index (χ3n) is 2.08. The molecule has 0 aromatic carbocycles. The van der Waals surface area contributed by atoms with E-state index in [1.165, 1.54) is 0 Å². The number of likely N-dealkylation sites (N-methyl/N-ethyl adjacent to an activating group) is 1. The van der Waals surface area contributed by atoms with Crippen molar-refractivity contribution in [1.29, 1.82) is 0 Å². The zero-order valence-electron chi connectivity index (χ0n) is 9.88. The fourth-order valence-corrected chi connectivity index (χ4v) is 1.17. The van der Waals surface area contributed by atoms with Gasteiger partial charge < -0.3 is 19.7 Å². The number of ether oxygens (including phenoxy) is 2. The largest absolute Gasteiger partial charge is 0.383 e. The second-order valence-corrected chi connectivity index (χ2v) is 3.61. The van der Waals surface area contributed by atoms with Gasteiger partial charge in [-0.15, -0.1) is 0 Å². The van der Waals surface area contributed by atoms with Gasteiger partial charge in [0.05, 0.1) is 13.2 Å². The molecule has 86 valence electrons. The Bertz CT molecular complexity index is 123. The Kier molecular flexibility index (Phi) is 9.29. The summed E-state index contributed by atoms with van der Waals surface area (Å²) in [5.41, 5.74) is 0. The van der Waals surface area contributed by atoms with E-state index in [4.69, 9.17) is 9.47 Å². The van der Waals surface area contributed by atoms with Gasteiger partial charge in [-0.3, -0.25) is 0 Å². The molecule has 1 atom stereocenters. The lowest BCUT2D eigenvalue weighted by Gasteiger charge is -2.18. The molecule has 0 bridgehead atoms. The maximum Gasteiger partial charge on any atom is 0.0613 e. The molecule has 0 aliphatic carbocycles. The normalized spacial score (nSPS) is 13.5. The van der Waals surface area contributed by atoms with Crippen molar-refractivity contribution in [3.63, 3.8) is 0 Å². The summed E-state index contributed by atoms with van der Waals surface area (Å²) in [6, 6.07) is 0.427. The Hall–Kier alpha value is -0.160. The van der Waals surface area contributed by atoms with E-state index >= 15 is 0 Å². The first-order chi connectivity index (χ1) is 6.70. The Labute approximate surface area is 87.6 Å². The van der Waals surface area contributed by atoms with Crippen LogP contribution in [-0.4, -0.2) is 65.1 Å². The van der Waals surface area contributed by atoms with E-state index in [1.54, 1.807) is 14.2 Å². The van der Waals surface area contributed by atoms with E-state index in [1.807, 2.05) is 0 Å². The Morgan fingerprint density at radius 1 is 1.21 bits per heavy atom. The zero-order valence-corrected chi connectivity index (χ0v) is 9.88. The van der Waals surface area contributed by atoms with Gasteiger partial charge in [-0.1, -0.05) is 0 Å². The third-order valence-corrected chi connectivity index (χ3v) is 2.08. The van der Waals surface area contributed by atoms with Crippen molar-refractivity contribution < 1.29 is 9.47 Å². The van der Waals surface area contributed by atoms with Crippen molar-refractivity contribution in [3.05, 3.63) is 0 Å². The summed E-state index contributed by atoms with van der Waals surface area (Å²) >= 11 is 0. The predicted octanol–water partition coefficient (Wildman–Crippen LogP) is 0.189. The molecule has 0 aromatic rings. The molecule has 0 amide bonds. The second-order valence-electron chi connectivity index (χ2n) is 3.61. The summed E-state index contributed by atoms with van der Waals surface area (Å²) in [5.74, 6) is 0. The first-order valence-corrected chi connectivity index (χ1v) is 5.10. The number of nitrogens with one attached hydrogen (secondary N) is 1. The van der Waals surface area contributed by atoms with Crippen LogP contribution in [0.15, 0.2) is 0 Å². The number of nitrogens with zero attached hydrogens (tertiary/aromatic N) is 1. The average molecular weight is 204 g/mol. The van der Waals surface area contributed by atoms with Crippen molar-refractivity contribution in [2.24, 2.45) is 0 Å². The smallest absolute Gasteiger partial charge is 0.0613 e. The molecule has 0 spiro atoms. The van der Waals surface area contributed by atoms with Crippen LogP contribution in [0.1, 0.15) is 6.92 Å². The highest BCUT2D eigenvalue weighted by molar-refractivity contribution is 4.61. The Morgan fingerprint density at radius 2 is 1.93 bits per heavy atom. The lowest BCUT2D eigenvalue weighted by atomic mass is 10.3. The third kappa shape index (κ3) is 8.44. The lowest BCUT2D eigenvalue weighted by Crippen LogP contribution is -2.37. The monoisotopic (exact) mass is 204 g/mol. The second kappa shape index (κ2) is 9.40. The van der Waals surface area contributed by atoms with Crippen LogP contribution in [0, 0.1) is 0 Å². The summed E-state index contributed by atoms with van der Waals surface area (Å²) in [7, 11) is 5.55. The molecule has 0 heterocycles. The van der Waals surface area contributed by atoms with Gasteiger partial charge in [-0.2, -0.15) is 0 Å². The van der Waals surface area contributed by atoms with Crippen LogP contribution in [-0.2, 0) is 9.47 Å². The first-order valence-electron chi connectivity index (χ1n) is 5.10. The molecule has 1 N–H and O–H groups in total. The molecule has 4 heteroatoms. The van der Waals surface area contributed by atoms with Crippen LogP contribution in [0.3, 0.4) is 0 Å². The van der Waals surface area contributed by atoms with Crippen molar-refractivity contribution in [2.75, 3.05) is 54.1 Å². The van der Waals surface area contributed by atoms with Crippen LogP contribution >= 0.6 is 0 Å². The van der Waals surface area contributed by atoms with Crippen LogP contribution < -0.4 is 5.32 Å². The molecule has 0 saturated heterocycles. The van der Waals surface area contributed by atoms with E-state index in [0.717, 1.165) is 32.8 Å². The molecule has 0 aromatic heterocycles. The summed E-state index contributed by atoms with van der Waals surface area (Å²) in [5, 5.41) is 3.38. The fourth-order valence-electron chi connectivity index (χ4n) is 1.17. The van der Waals surface area contributed by atoms with Gasteiger partial charge in [-0.25, -0.2) is 0 Å². The van der Waals surface area contributed by atoms with E-state index in [9.17, 15) is 0 Å². The van der Waals surface area contributed by atoms with Crippen LogP contribution in [0.25, 0.3) is 0 Å². The molecule has 0 rings (SSSR count). The van der Waals surface area contributed by atoms with E-state index < -0.39 is 0 Å². The van der Waals surface area contributed by atoms with Gasteiger partial charge in [0.1, 0.15) is 0 Å². The molecule has 0 aliphatic rings. The molecular weight excluding hydrogens is 180 g/mol. The van der Waals surface area contributed by atoms with Crippen LogP contribution in [0.2, 0.25) is 0 Å². The molecule has 0 aliphatic heterocycles. The molecule has 4 nitrogen and oxygen atoms in total. The maximum atomic E-state index is 5.03. The topological polar surface area (TPSA) is 33.7 Å². The molecule has 14 heavy (non-hydrogen) atoms. The van der Waals surface area contributed by atoms with Crippen molar-refractivity contribution in [2.45, 2.75) is 13.0 Å². The molecule has 0 saturated carbocycles. The van der Waals surface area contributed by atoms with Gasteiger partial charge in [0, 0.05) is 39.9 Å². The molecular formula is C10H24N2O2. The molecule has 1 unspecified atom stereocenters. The fraction of sp³-hybridized carbons (Fsp3) is 1.00. The maximum absolute atomic E-state index is 5.03. The van der Waals surface area contributed by atoms with Gasteiger partial charge in [0.2, 0.25) is 0 Å². The van der Waals surface area contributed by atoms with Gasteiger partial charge >= 0.3 is 0 Å². The van der Waals surface area contributed by atoms with E-state index in [-0.39, 0.29) is 0 Å². The highest BCUT2D eigenvalue weighted by atomic mass is 16.5. The summed E-state index contributed by atoms with van der Waals surface area (Å²) in [4.78, 5) is 2.25. The first kappa shape index (κ1) is 13.8. The summed E-state index contributed by atoms with van der Waals surface area (Å²) in [6.07, 6.45) is 0. The zero-order chi connectivity index (χ0) is 10.8. The van der Waals surface area contributed by atoms with Gasteiger partial charge in [0.15, 0.2) is 0 Å². The number of rotatable bonds is 9. The Balaban J connectivity index is 3.25. The molecule has 0 fully saturated rings. The minimum Gasteiger partial charge on any atom is -0.383 e. The quantitative estimate of drug-likeness (QED) is 0.581. The average Bonchev–Trinajstić information content (AvgIpc) is 2.15. The lowest BCUT2D eigenvalue weighted by molar-refractivity contribution is 0.155. The summed E-state index contributed by atoms with van der Waals surface area (Å²) in [6.45, 7) is 6.70. The standard InChI is InChI=1S/C10H24N2O2/c1-10(9-14-4)11-5-6-12(2)7-8-13-3/h10-11H,5-9H2,1-4H3. The molecule has 0 radical (unpaired) electrons. The van der Waals surface area contributed by atoms with Crippen molar-refractivity contribution in [3.8, 4) is 0 Å². The minimum absolute atomic E-state index is 0.427. The van der Waals surface area contributed by atoms with E-state index in [0.29, 0.717) is 6.04 Å². The highest BCUT2D eigenvalue weighted by Crippen LogP contribution is 1.84. The minimum atomic E-state index is 0.427. The Morgan fingerprint density at radius 3 is 2.50 bits per heavy atom. The van der Waals surface area contributed by atoms with Crippen LogP contribution in [0.5, 0.6) is 0 Å². The van der Waals surface area contributed by atoms with Crippen LogP contribution in [0.4, 0.5) is 0 Å². The van der Waals surface area contributed by atoms with Crippen molar-refractivity contribution >= 4 is 0 Å². The number of methoxy groups -OCH3 is 2. The van der Waals surface area contributed by atoms with E-state index in [2.05, 4.69) is 24.2 Å². The predicted molar refractivity (Wildman–Crippen MR) is 58.7 cm³/mol. The highest BCUT2D eigenvalue weighted by Gasteiger charge is 2.01. The number of hydrogen-bond acceptors (Lipinski definition) is 4.